The van der Waals surface area contributed by atoms with Gasteiger partial charge >= 0.3 is 6.16 Å². The Balaban J connectivity index is 1.81. The van der Waals surface area contributed by atoms with Gasteiger partial charge in [-0.15, -0.1) is 0 Å². The molecule has 1 aliphatic heterocycles. The van der Waals surface area contributed by atoms with Crippen LogP contribution in [0.2, 0.25) is 5.15 Å². The van der Waals surface area contributed by atoms with E-state index in [1.165, 1.54) is 7.11 Å². The summed E-state index contributed by atoms with van der Waals surface area (Å²) in [6.07, 6.45) is 1.04. The van der Waals surface area contributed by atoms with Crippen LogP contribution in [0.3, 0.4) is 0 Å². The molecule has 0 spiro atoms. The van der Waals surface area contributed by atoms with Crippen LogP contribution in [0.1, 0.15) is 19.6 Å². The Morgan fingerprint density at radius 2 is 2.35 bits per heavy atom. The number of nitrogens with zero attached hydrogens (tertiary/aromatic N) is 4. The Bertz CT molecular complexity index is 736. The van der Waals surface area contributed by atoms with Crippen molar-refractivity contribution in [2.45, 2.75) is 25.7 Å². The van der Waals surface area contributed by atoms with E-state index in [1.54, 1.807) is 10.9 Å². The van der Waals surface area contributed by atoms with Crippen LogP contribution in [0.15, 0.2) is 6.33 Å². The summed E-state index contributed by atoms with van der Waals surface area (Å²) in [6, 6.07) is 0. The van der Waals surface area contributed by atoms with E-state index >= 15 is 0 Å². The fraction of sp³-hybridized carbons (Fsp3) is 0.538. The molecule has 1 fully saturated rings. The molecular weight excluding hydrogens is 326 g/mol. The van der Waals surface area contributed by atoms with E-state index in [-0.39, 0.29) is 36.0 Å². The summed E-state index contributed by atoms with van der Waals surface area (Å²) in [4.78, 5) is 23.3. The topological polar surface area (TPSA) is 114 Å². The molecule has 3 atom stereocenters. The summed E-state index contributed by atoms with van der Waals surface area (Å²) in [6.45, 7) is 2.15. The third kappa shape index (κ3) is 3.02. The minimum Gasteiger partial charge on any atom is -0.438 e. The van der Waals surface area contributed by atoms with Crippen LogP contribution in [0.25, 0.3) is 11.2 Å². The highest BCUT2D eigenvalue weighted by Crippen LogP contribution is 2.36. The summed E-state index contributed by atoms with van der Waals surface area (Å²) in [5.74, 6) is 0.231. The Morgan fingerprint density at radius 1 is 1.57 bits per heavy atom. The highest BCUT2D eigenvalue weighted by Gasteiger charge is 2.35. The van der Waals surface area contributed by atoms with Gasteiger partial charge in [0.05, 0.1) is 19.5 Å². The van der Waals surface area contributed by atoms with E-state index in [2.05, 4.69) is 19.7 Å². The van der Waals surface area contributed by atoms with E-state index in [1.807, 2.05) is 6.92 Å². The van der Waals surface area contributed by atoms with Gasteiger partial charge in [-0.1, -0.05) is 18.5 Å². The van der Waals surface area contributed by atoms with Gasteiger partial charge in [-0.05, 0) is 6.42 Å². The third-order valence-corrected chi connectivity index (χ3v) is 3.94. The number of nitrogen functional groups attached to an aromatic ring is 1. The van der Waals surface area contributed by atoms with Gasteiger partial charge in [-0.2, -0.15) is 9.97 Å². The number of imidazole rings is 1. The summed E-state index contributed by atoms with van der Waals surface area (Å²) in [5.41, 5.74) is 6.62. The number of ether oxygens (including phenoxy) is 3. The zero-order valence-electron chi connectivity index (χ0n) is 12.6. The average molecular weight is 342 g/mol. The number of methoxy groups -OCH3 is 1. The molecule has 0 aromatic carbocycles. The fourth-order valence-corrected chi connectivity index (χ4v) is 2.89. The molecule has 23 heavy (non-hydrogen) atoms. The largest absolute Gasteiger partial charge is 0.508 e. The second-order valence-electron chi connectivity index (χ2n) is 5.32. The molecule has 0 radical (unpaired) electrons. The molecule has 2 N–H and O–H groups in total. The molecular formula is C13H16ClN5O4. The Morgan fingerprint density at radius 3 is 3.09 bits per heavy atom. The normalized spacial score (nSPS) is 24.0. The molecule has 0 saturated carbocycles. The van der Waals surface area contributed by atoms with Gasteiger partial charge in [0.1, 0.15) is 18.4 Å². The molecule has 124 valence electrons. The first-order chi connectivity index (χ1) is 11.0. The molecule has 0 amide bonds. The van der Waals surface area contributed by atoms with Crippen LogP contribution in [-0.2, 0) is 14.2 Å². The number of anilines is 1. The van der Waals surface area contributed by atoms with Crippen molar-refractivity contribution in [1.82, 2.24) is 19.5 Å². The van der Waals surface area contributed by atoms with Gasteiger partial charge < -0.3 is 19.9 Å². The van der Waals surface area contributed by atoms with Gasteiger partial charge in [0, 0.05) is 5.92 Å². The molecule has 10 heteroatoms. The number of aromatic nitrogens is 4. The first-order valence-corrected chi connectivity index (χ1v) is 7.39. The molecule has 0 bridgehead atoms. The molecule has 2 aromatic rings. The number of nitrogens with two attached hydrogens (primary N) is 1. The summed E-state index contributed by atoms with van der Waals surface area (Å²) in [5, 5.41) is 0.197. The molecule has 0 unspecified atom stereocenters. The SMILES string of the molecule is COC(=O)OC[C@@H]1C[C@H](C)[C@H](n2cnc3c(Cl)nc(N)nc32)O1. The van der Waals surface area contributed by atoms with Crippen molar-refractivity contribution < 1.29 is 19.0 Å². The van der Waals surface area contributed by atoms with Crippen molar-refractivity contribution >= 4 is 34.9 Å². The van der Waals surface area contributed by atoms with Gasteiger partial charge in [0.15, 0.2) is 10.8 Å². The molecule has 3 heterocycles. The molecule has 2 aromatic heterocycles. The minimum atomic E-state index is -0.731. The Kier molecular flexibility index (Phi) is 4.22. The molecule has 9 nitrogen and oxygen atoms in total. The molecule has 1 aliphatic rings. The van der Waals surface area contributed by atoms with Crippen LogP contribution < -0.4 is 5.73 Å². The Labute approximate surface area is 136 Å². The number of hydrogen-bond acceptors (Lipinski definition) is 8. The maximum atomic E-state index is 11.0. The van der Waals surface area contributed by atoms with Gasteiger partial charge in [0.2, 0.25) is 5.95 Å². The second-order valence-corrected chi connectivity index (χ2v) is 5.68. The quantitative estimate of drug-likeness (QED) is 0.663. The highest BCUT2D eigenvalue weighted by atomic mass is 35.5. The fourth-order valence-electron chi connectivity index (χ4n) is 2.67. The number of carbonyl (C=O) groups excluding carboxylic acids is 1. The lowest BCUT2D eigenvalue weighted by atomic mass is 10.1. The molecule has 3 rings (SSSR count). The van der Waals surface area contributed by atoms with E-state index in [9.17, 15) is 4.79 Å². The summed E-state index contributed by atoms with van der Waals surface area (Å²) < 4.78 is 17.1. The highest BCUT2D eigenvalue weighted by molar-refractivity contribution is 6.33. The van der Waals surface area contributed by atoms with E-state index in [4.69, 9.17) is 26.8 Å². The van der Waals surface area contributed by atoms with Crippen LogP contribution in [0.5, 0.6) is 0 Å². The lowest BCUT2D eigenvalue weighted by Crippen LogP contribution is -2.19. The molecule has 0 aliphatic carbocycles. The monoisotopic (exact) mass is 341 g/mol. The first kappa shape index (κ1) is 15.8. The lowest BCUT2D eigenvalue weighted by Gasteiger charge is -2.17. The van der Waals surface area contributed by atoms with E-state index in [0.717, 1.165) is 6.42 Å². The number of hydrogen-bond donors (Lipinski definition) is 1. The Hall–Kier alpha value is -2.13. The standard InChI is InChI=1S/C13H16ClN5O4/c1-6-3-7(4-22-13(20)21-2)23-11(6)19-5-16-8-9(14)17-12(15)18-10(8)19/h5-7,11H,3-4H2,1-2H3,(H2,15,17,18)/t6-,7-,11+/m0/s1. The maximum absolute atomic E-state index is 11.0. The second kappa shape index (κ2) is 6.17. The smallest absolute Gasteiger partial charge is 0.438 e. The number of fused-ring (bicyclic) bond motifs is 1. The van der Waals surface area contributed by atoms with Crippen molar-refractivity contribution in [2.75, 3.05) is 19.5 Å². The number of halogens is 1. The van der Waals surface area contributed by atoms with E-state index in [0.29, 0.717) is 11.2 Å². The summed E-state index contributed by atoms with van der Waals surface area (Å²) >= 11 is 6.03. The maximum Gasteiger partial charge on any atom is 0.508 e. The third-order valence-electron chi connectivity index (χ3n) is 3.68. The van der Waals surface area contributed by atoms with E-state index < -0.39 is 6.16 Å². The van der Waals surface area contributed by atoms with Crippen molar-refractivity contribution in [1.29, 1.82) is 0 Å². The first-order valence-electron chi connectivity index (χ1n) is 7.01. The lowest BCUT2D eigenvalue weighted by molar-refractivity contribution is -0.0407. The zero-order valence-corrected chi connectivity index (χ0v) is 13.4. The predicted octanol–water partition coefficient (Wildman–Crippen LogP) is 1.77. The van der Waals surface area contributed by atoms with Crippen LogP contribution in [0, 0.1) is 5.92 Å². The van der Waals surface area contributed by atoms with Crippen molar-refractivity contribution in [3.05, 3.63) is 11.5 Å². The van der Waals surface area contributed by atoms with Gasteiger partial charge in [0.25, 0.3) is 0 Å². The van der Waals surface area contributed by atoms with Crippen molar-refractivity contribution in [2.24, 2.45) is 5.92 Å². The van der Waals surface area contributed by atoms with Crippen LogP contribution in [-0.4, -0.2) is 45.5 Å². The molecule has 1 saturated heterocycles. The predicted molar refractivity (Wildman–Crippen MR) is 80.8 cm³/mol. The number of rotatable bonds is 3. The van der Waals surface area contributed by atoms with Crippen molar-refractivity contribution in [3.63, 3.8) is 0 Å². The summed E-state index contributed by atoms with van der Waals surface area (Å²) in [7, 11) is 1.26. The van der Waals surface area contributed by atoms with Crippen LogP contribution >= 0.6 is 11.6 Å². The van der Waals surface area contributed by atoms with Gasteiger partial charge in [-0.3, -0.25) is 4.57 Å². The van der Waals surface area contributed by atoms with Crippen LogP contribution in [0.4, 0.5) is 10.7 Å². The van der Waals surface area contributed by atoms with Crippen molar-refractivity contribution in [3.8, 4) is 0 Å². The number of carbonyl (C=O) groups is 1. The minimum absolute atomic E-state index is 0.0699. The van der Waals surface area contributed by atoms with Gasteiger partial charge in [-0.25, -0.2) is 9.78 Å². The zero-order chi connectivity index (χ0) is 16.6. The average Bonchev–Trinajstić information content (AvgIpc) is 3.08.